The van der Waals surface area contributed by atoms with Crippen molar-refractivity contribution in [2.45, 2.75) is 12.5 Å². The number of hydrogen-bond donors (Lipinski definition) is 2. The molecular weight excluding hydrogens is 386 g/mol. The first-order chi connectivity index (χ1) is 14.3. The summed E-state index contributed by atoms with van der Waals surface area (Å²) in [4.78, 5) is 33.2. The Labute approximate surface area is 175 Å². The number of phenolic OH excluding ortho intramolecular Hbond substituents is 1. The Hall–Kier alpha value is -3.39. The summed E-state index contributed by atoms with van der Waals surface area (Å²) in [5.41, 5.74) is 0.958. The molecule has 1 aliphatic rings. The van der Waals surface area contributed by atoms with Crippen LogP contribution in [0.4, 0.5) is 0 Å². The predicted octanol–water partition coefficient (Wildman–Crippen LogP) is 2.17. The Kier molecular flexibility index (Phi) is 6.37. The zero-order chi connectivity index (χ0) is 21.8. The molecule has 2 heterocycles. The first-order valence-corrected chi connectivity index (χ1v) is 9.55. The van der Waals surface area contributed by atoms with E-state index in [-0.39, 0.29) is 22.8 Å². The molecule has 1 aromatic carbocycles. The quantitative estimate of drug-likeness (QED) is 0.409. The van der Waals surface area contributed by atoms with E-state index in [2.05, 4.69) is 4.98 Å². The number of phenols is 1. The van der Waals surface area contributed by atoms with E-state index in [4.69, 9.17) is 4.74 Å². The van der Waals surface area contributed by atoms with Crippen molar-refractivity contribution in [2.75, 3.05) is 34.3 Å². The normalized spacial score (nSPS) is 18.3. The van der Waals surface area contributed by atoms with E-state index < -0.39 is 17.7 Å². The molecule has 1 aromatic heterocycles. The average molecular weight is 411 g/mol. The lowest BCUT2D eigenvalue weighted by Gasteiger charge is -2.26. The van der Waals surface area contributed by atoms with E-state index in [9.17, 15) is 19.8 Å². The summed E-state index contributed by atoms with van der Waals surface area (Å²) in [7, 11) is 5.28. The molecule has 2 N–H and O–H groups in total. The van der Waals surface area contributed by atoms with Gasteiger partial charge in [0, 0.05) is 24.5 Å². The Morgan fingerprint density at radius 1 is 1.20 bits per heavy atom. The van der Waals surface area contributed by atoms with Gasteiger partial charge >= 0.3 is 0 Å². The van der Waals surface area contributed by atoms with Gasteiger partial charge in [-0.05, 0) is 56.9 Å². The molecule has 2 aromatic rings. The lowest BCUT2D eigenvalue weighted by Crippen LogP contribution is -2.32. The van der Waals surface area contributed by atoms with Gasteiger partial charge in [0.1, 0.15) is 5.76 Å². The van der Waals surface area contributed by atoms with Gasteiger partial charge in [0.05, 0.1) is 18.7 Å². The summed E-state index contributed by atoms with van der Waals surface area (Å²) in [6, 6.07) is 6.99. The SMILES string of the molecule is COc1cc(C2/C(=C(\O)c3ccncc3)C(=O)C(=O)N2CCCN(C)C)ccc1O. The third-order valence-corrected chi connectivity index (χ3v) is 5.02. The number of aliphatic hydroxyl groups is 1. The van der Waals surface area contributed by atoms with E-state index in [1.54, 1.807) is 24.3 Å². The molecule has 3 rings (SSSR count). The first kappa shape index (κ1) is 21.3. The second kappa shape index (κ2) is 8.96. The van der Waals surface area contributed by atoms with Crippen LogP contribution in [0.25, 0.3) is 5.76 Å². The number of pyridine rings is 1. The van der Waals surface area contributed by atoms with Gasteiger partial charge in [0.15, 0.2) is 11.5 Å². The Morgan fingerprint density at radius 2 is 1.90 bits per heavy atom. The van der Waals surface area contributed by atoms with Gasteiger partial charge in [-0.15, -0.1) is 0 Å². The van der Waals surface area contributed by atoms with Crippen LogP contribution in [0.2, 0.25) is 0 Å². The minimum Gasteiger partial charge on any atom is -0.507 e. The molecule has 0 bridgehead atoms. The highest BCUT2D eigenvalue weighted by atomic mass is 16.5. The fourth-order valence-corrected chi connectivity index (χ4v) is 3.54. The van der Waals surface area contributed by atoms with E-state index in [0.717, 1.165) is 6.54 Å². The summed E-state index contributed by atoms with van der Waals surface area (Å²) in [6.07, 6.45) is 3.66. The molecule has 1 unspecified atom stereocenters. The summed E-state index contributed by atoms with van der Waals surface area (Å²) in [5, 5.41) is 20.9. The van der Waals surface area contributed by atoms with Crippen molar-refractivity contribution in [1.29, 1.82) is 0 Å². The van der Waals surface area contributed by atoms with Crippen LogP contribution in [0.15, 0.2) is 48.3 Å². The molecule has 1 aliphatic heterocycles. The number of benzene rings is 1. The fraction of sp³-hybridized carbons (Fsp3) is 0.318. The number of aromatic hydroxyl groups is 1. The number of rotatable bonds is 7. The smallest absolute Gasteiger partial charge is 0.295 e. The van der Waals surface area contributed by atoms with Crippen LogP contribution in [0.5, 0.6) is 11.5 Å². The minimum absolute atomic E-state index is 0.00351. The fourth-order valence-electron chi connectivity index (χ4n) is 3.54. The van der Waals surface area contributed by atoms with Gasteiger partial charge in [0.25, 0.3) is 11.7 Å². The maximum absolute atomic E-state index is 12.9. The van der Waals surface area contributed by atoms with Crippen LogP contribution in [-0.2, 0) is 9.59 Å². The molecule has 0 spiro atoms. The average Bonchev–Trinajstić information content (AvgIpc) is 2.99. The monoisotopic (exact) mass is 411 g/mol. The number of aromatic nitrogens is 1. The number of methoxy groups -OCH3 is 1. The molecule has 1 amide bonds. The molecule has 158 valence electrons. The number of ketones is 1. The molecule has 1 atom stereocenters. The number of ether oxygens (including phenoxy) is 1. The van der Waals surface area contributed by atoms with E-state index in [0.29, 0.717) is 24.1 Å². The first-order valence-electron chi connectivity index (χ1n) is 9.55. The number of aliphatic hydroxyl groups excluding tert-OH is 1. The lowest BCUT2D eigenvalue weighted by molar-refractivity contribution is -0.139. The van der Waals surface area contributed by atoms with Crippen molar-refractivity contribution in [1.82, 2.24) is 14.8 Å². The van der Waals surface area contributed by atoms with Crippen molar-refractivity contribution in [3.05, 3.63) is 59.4 Å². The number of nitrogens with zero attached hydrogens (tertiary/aromatic N) is 3. The number of hydrogen-bond acceptors (Lipinski definition) is 7. The zero-order valence-corrected chi connectivity index (χ0v) is 17.2. The Bertz CT molecular complexity index is 972. The van der Waals surface area contributed by atoms with Crippen LogP contribution >= 0.6 is 0 Å². The predicted molar refractivity (Wildman–Crippen MR) is 111 cm³/mol. The van der Waals surface area contributed by atoms with Gasteiger partial charge in [-0.3, -0.25) is 14.6 Å². The maximum Gasteiger partial charge on any atom is 0.295 e. The van der Waals surface area contributed by atoms with Crippen molar-refractivity contribution in [3.63, 3.8) is 0 Å². The van der Waals surface area contributed by atoms with E-state index >= 15 is 0 Å². The third kappa shape index (κ3) is 4.13. The van der Waals surface area contributed by atoms with Gasteiger partial charge in [-0.2, -0.15) is 0 Å². The van der Waals surface area contributed by atoms with Crippen LogP contribution in [-0.4, -0.2) is 71.0 Å². The van der Waals surface area contributed by atoms with Crippen molar-refractivity contribution >= 4 is 17.4 Å². The van der Waals surface area contributed by atoms with Gasteiger partial charge < -0.3 is 24.7 Å². The standard InChI is InChI=1S/C22H25N3O5/c1-24(2)11-4-12-25-19(15-5-6-16(26)17(13-15)30-3)18(21(28)22(25)29)20(27)14-7-9-23-10-8-14/h5-10,13,19,26-27H,4,11-12H2,1-3H3/b20-18+. The number of Topliss-reactive ketones (excluding diaryl/α,β-unsaturated/α-hetero) is 1. The van der Waals surface area contributed by atoms with Gasteiger partial charge in [-0.1, -0.05) is 6.07 Å². The topological polar surface area (TPSA) is 103 Å². The molecule has 1 fully saturated rings. The van der Waals surface area contributed by atoms with E-state index in [1.807, 2.05) is 19.0 Å². The summed E-state index contributed by atoms with van der Waals surface area (Å²) in [6.45, 7) is 1.07. The molecule has 8 nitrogen and oxygen atoms in total. The highest BCUT2D eigenvalue weighted by Crippen LogP contribution is 2.41. The summed E-state index contributed by atoms with van der Waals surface area (Å²) >= 11 is 0. The second-order valence-corrected chi connectivity index (χ2v) is 7.32. The number of carbonyl (C=O) groups is 2. The Morgan fingerprint density at radius 3 is 2.53 bits per heavy atom. The Balaban J connectivity index is 2.12. The summed E-state index contributed by atoms with van der Waals surface area (Å²) < 4.78 is 5.20. The third-order valence-electron chi connectivity index (χ3n) is 5.02. The second-order valence-electron chi connectivity index (χ2n) is 7.32. The van der Waals surface area contributed by atoms with Crippen molar-refractivity contribution < 1.29 is 24.5 Å². The van der Waals surface area contributed by atoms with E-state index in [1.165, 1.54) is 30.5 Å². The number of likely N-dealkylation sites (tertiary alicyclic amines) is 1. The highest BCUT2D eigenvalue weighted by molar-refractivity contribution is 6.46. The number of carbonyl (C=O) groups excluding carboxylic acids is 2. The van der Waals surface area contributed by atoms with Crippen LogP contribution in [0, 0.1) is 0 Å². The van der Waals surface area contributed by atoms with Crippen LogP contribution in [0.3, 0.4) is 0 Å². The van der Waals surface area contributed by atoms with Crippen LogP contribution < -0.4 is 4.74 Å². The molecule has 30 heavy (non-hydrogen) atoms. The van der Waals surface area contributed by atoms with Crippen LogP contribution in [0.1, 0.15) is 23.6 Å². The molecular formula is C22H25N3O5. The largest absolute Gasteiger partial charge is 0.507 e. The lowest BCUT2D eigenvalue weighted by atomic mass is 9.95. The molecule has 0 aliphatic carbocycles. The van der Waals surface area contributed by atoms with Crippen molar-refractivity contribution in [3.8, 4) is 11.5 Å². The molecule has 0 radical (unpaired) electrons. The number of amides is 1. The molecule has 1 saturated heterocycles. The summed E-state index contributed by atoms with van der Waals surface area (Å²) in [5.74, 6) is -1.51. The zero-order valence-electron chi connectivity index (χ0n) is 17.2. The van der Waals surface area contributed by atoms with Gasteiger partial charge in [0.2, 0.25) is 0 Å². The molecule has 0 saturated carbocycles. The van der Waals surface area contributed by atoms with Gasteiger partial charge in [-0.25, -0.2) is 0 Å². The minimum atomic E-state index is -0.796. The highest BCUT2D eigenvalue weighted by Gasteiger charge is 2.46. The van der Waals surface area contributed by atoms with Crippen molar-refractivity contribution in [2.24, 2.45) is 0 Å². The molecule has 8 heteroatoms. The maximum atomic E-state index is 12.9.